The van der Waals surface area contributed by atoms with Crippen molar-refractivity contribution < 1.29 is 0 Å². The lowest BCUT2D eigenvalue weighted by Crippen LogP contribution is -2.25. The normalized spacial score (nSPS) is 16.1. The van der Waals surface area contributed by atoms with E-state index in [1.165, 1.54) is 33.3 Å². The summed E-state index contributed by atoms with van der Waals surface area (Å²) in [6, 6.07) is 4.48. The summed E-state index contributed by atoms with van der Waals surface area (Å²) in [5.74, 6) is 0. The van der Waals surface area contributed by atoms with Crippen molar-refractivity contribution in [3.63, 3.8) is 0 Å². The van der Waals surface area contributed by atoms with Crippen LogP contribution in [0.3, 0.4) is 0 Å². The van der Waals surface area contributed by atoms with E-state index >= 15 is 0 Å². The van der Waals surface area contributed by atoms with Crippen LogP contribution in [0.2, 0.25) is 0 Å². The summed E-state index contributed by atoms with van der Waals surface area (Å²) >= 11 is 0. The minimum absolute atomic E-state index is 1.05. The van der Waals surface area contributed by atoms with Gasteiger partial charge in [0.2, 0.25) is 0 Å². The number of hydrogen-bond acceptors (Lipinski definition) is 1. The summed E-state index contributed by atoms with van der Waals surface area (Å²) in [4.78, 5) is 5.97. The molecular formula is C15H18N2. The molecule has 2 heteroatoms. The summed E-state index contributed by atoms with van der Waals surface area (Å²) in [5.41, 5.74) is 6.66. The molecular weight excluding hydrogens is 208 g/mol. The van der Waals surface area contributed by atoms with Gasteiger partial charge in [0.05, 0.1) is 5.52 Å². The Hall–Kier alpha value is -1.54. The first kappa shape index (κ1) is 10.6. The molecule has 17 heavy (non-hydrogen) atoms. The second-order valence-corrected chi connectivity index (χ2v) is 5.05. The lowest BCUT2D eigenvalue weighted by molar-refractivity contribution is 0.313. The fraction of sp³-hybridized carbons (Fsp3) is 0.333. The summed E-state index contributed by atoms with van der Waals surface area (Å²) in [7, 11) is 2.19. The molecule has 0 saturated heterocycles. The molecule has 0 bridgehead atoms. The number of nitrogens with zero attached hydrogens (tertiary/aromatic N) is 1. The third kappa shape index (κ3) is 1.60. The van der Waals surface area contributed by atoms with Crippen LogP contribution in [0.1, 0.15) is 22.4 Å². The van der Waals surface area contributed by atoms with Crippen LogP contribution in [0, 0.1) is 6.92 Å². The third-order valence-corrected chi connectivity index (χ3v) is 3.67. The van der Waals surface area contributed by atoms with E-state index in [0.29, 0.717) is 0 Å². The smallest absolute Gasteiger partial charge is 0.0533 e. The average Bonchev–Trinajstić information content (AvgIpc) is 2.66. The SMILES string of the molecule is C=Cc1cc(C)cc2c3c([nH]c12)CCN(C)C3. The van der Waals surface area contributed by atoms with Gasteiger partial charge in [-0.1, -0.05) is 12.7 Å². The summed E-state index contributed by atoms with van der Waals surface area (Å²) in [6.45, 7) is 8.26. The predicted molar refractivity (Wildman–Crippen MR) is 73.2 cm³/mol. The zero-order valence-electron chi connectivity index (χ0n) is 10.5. The number of aromatic nitrogens is 1. The molecule has 1 aliphatic heterocycles. The predicted octanol–water partition coefficient (Wildman–Crippen LogP) is 3.11. The monoisotopic (exact) mass is 226 g/mol. The topological polar surface area (TPSA) is 19.0 Å². The van der Waals surface area contributed by atoms with Crippen molar-refractivity contribution in [3.05, 3.63) is 41.1 Å². The standard InChI is InChI=1S/C15H18N2/c1-4-11-7-10(2)8-12-13-9-17(3)6-5-14(13)16-15(11)12/h4,7-8,16H,1,5-6,9H2,2-3H3. The number of hydrogen-bond donors (Lipinski definition) is 1. The van der Waals surface area contributed by atoms with Crippen LogP contribution in [0.4, 0.5) is 0 Å². The maximum Gasteiger partial charge on any atom is 0.0533 e. The molecule has 1 aliphatic rings. The Morgan fingerprint density at radius 1 is 1.41 bits per heavy atom. The number of benzene rings is 1. The van der Waals surface area contributed by atoms with Crippen LogP contribution in [-0.2, 0) is 13.0 Å². The minimum atomic E-state index is 1.05. The molecule has 0 fully saturated rings. The van der Waals surface area contributed by atoms with Crippen molar-refractivity contribution in [1.29, 1.82) is 0 Å². The van der Waals surface area contributed by atoms with Gasteiger partial charge in [-0.05, 0) is 42.8 Å². The van der Waals surface area contributed by atoms with Crippen LogP contribution in [0.25, 0.3) is 17.0 Å². The van der Waals surface area contributed by atoms with E-state index in [0.717, 1.165) is 19.5 Å². The van der Waals surface area contributed by atoms with Crippen LogP contribution < -0.4 is 0 Å². The van der Waals surface area contributed by atoms with Gasteiger partial charge in [0.1, 0.15) is 0 Å². The first-order chi connectivity index (χ1) is 8.19. The van der Waals surface area contributed by atoms with Gasteiger partial charge >= 0.3 is 0 Å². The Bertz CT molecular complexity index is 592. The molecule has 3 rings (SSSR count). The highest BCUT2D eigenvalue weighted by molar-refractivity contribution is 5.92. The maximum absolute atomic E-state index is 3.91. The molecule has 0 radical (unpaired) electrons. The van der Waals surface area contributed by atoms with Crippen molar-refractivity contribution in [2.75, 3.05) is 13.6 Å². The highest BCUT2D eigenvalue weighted by atomic mass is 15.1. The van der Waals surface area contributed by atoms with Crippen molar-refractivity contribution in [2.45, 2.75) is 19.9 Å². The van der Waals surface area contributed by atoms with Crippen LogP contribution in [0.5, 0.6) is 0 Å². The minimum Gasteiger partial charge on any atom is -0.358 e. The number of fused-ring (bicyclic) bond motifs is 3. The fourth-order valence-electron chi connectivity index (χ4n) is 2.79. The van der Waals surface area contributed by atoms with Gasteiger partial charge in [0, 0.05) is 30.6 Å². The number of rotatable bonds is 1. The first-order valence-electron chi connectivity index (χ1n) is 6.14. The molecule has 1 aromatic heterocycles. The van der Waals surface area contributed by atoms with Crippen molar-refractivity contribution >= 4 is 17.0 Å². The van der Waals surface area contributed by atoms with E-state index in [2.05, 4.69) is 42.6 Å². The highest BCUT2D eigenvalue weighted by Gasteiger charge is 2.19. The molecule has 0 saturated carbocycles. The largest absolute Gasteiger partial charge is 0.358 e. The number of nitrogens with one attached hydrogen (secondary N) is 1. The average molecular weight is 226 g/mol. The molecule has 0 atom stereocenters. The lowest BCUT2D eigenvalue weighted by atomic mass is 10.0. The number of aromatic amines is 1. The van der Waals surface area contributed by atoms with Crippen molar-refractivity contribution in [2.24, 2.45) is 0 Å². The van der Waals surface area contributed by atoms with Crippen molar-refractivity contribution in [1.82, 2.24) is 9.88 Å². The zero-order chi connectivity index (χ0) is 12.0. The fourth-order valence-corrected chi connectivity index (χ4v) is 2.79. The number of likely N-dealkylation sites (N-methyl/N-ethyl adjacent to an activating group) is 1. The second-order valence-electron chi connectivity index (χ2n) is 5.05. The van der Waals surface area contributed by atoms with Crippen LogP contribution in [0.15, 0.2) is 18.7 Å². The van der Waals surface area contributed by atoms with E-state index in [1.54, 1.807) is 0 Å². The third-order valence-electron chi connectivity index (χ3n) is 3.67. The van der Waals surface area contributed by atoms with E-state index in [-0.39, 0.29) is 0 Å². The van der Waals surface area contributed by atoms with Gasteiger partial charge < -0.3 is 9.88 Å². The molecule has 2 aromatic rings. The lowest BCUT2D eigenvalue weighted by Gasteiger charge is -2.22. The van der Waals surface area contributed by atoms with Crippen LogP contribution in [-0.4, -0.2) is 23.5 Å². The molecule has 2 nitrogen and oxygen atoms in total. The summed E-state index contributed by atoms with van der Waals surface area (Å²) < 4.78 is 0. The van der Waals surface area contributed by atoms with Gasteiger partial charge in [0.15, 0.2) is 0 Å². The summed E-state index contributed by atoms with van der Waals surface area (Å²) in [5, 5.41) is 1.38. The van der Waals surface area contributed by atoms with E-state index in [4.69, 9.17) is 0 Å². The number of H-pyrrole nitrogens is 1. The molecule has 0 spiro atoms. The van der Waals surface area contributed by atoms with Gasteiger partial charge in [-0.15, -0.1) is 0 Å². The number of aryl methyl sites for hydroxylation is 1. The quantitative estimate of drug-likeness (QED) is 0.791. The van der Waals surface area contributed by atoms with Gasteiger partial charge in [-0.3, -0.25) is 0 Å². The maximum atomic E-state index is 3.91. The van der Waals surface area contributed by atoms with E-state index in [1.807, 2.05) is 6.08 Å². The molecule has 1 N–H and O–H groups in total. The molecule has 0 aliphatic carbocycles. The second kappa shape index (κ2) is 3.74. The highest BCUT2D eigenvalue weighted by Crippen LogP contribution is 2.30. The van der Waals surface area contributed by atoms with Crippen LogP contribution >= 0.6 is 0 Å². The van der Waals surface area contributed by atoms with Gasteiger partial charge in [-0.25, -0.2) is 0 Å². The Labute approximate surface area is 102 Å². The zero-order valence-corrected chi connectivity index (χ0v) is 10.5. The van der Waals surface area contributed by atoms with Gasteiger partial charge in [0.25, 0.3) is 0 Å². The Balaban J connectivity index is 2.32. The summed E-state index contributed by atoms with van der Waals surface area (Å²) in [6.07, 6.45) is 3.07. The molecule has 1 aromatic carbocycles. The first-order valence-corrected chi connectivity index (χ1v) is 6.14. The molecule has 88 valence electrons. The van der Waals surface area contributed by atoms with E-state index in [9.17, 15) is 0 Å². The van der Waals surface area contributed by atoms with Gasteiger partial charge in [-0.2, -0.15) is 0 Å². The Morgan fingerprint density at radius 3 is 3.00 bits per heavy atom. The van der Waals surface area contributed by atoms with Crippen molar-refractivity contribution in [3.8, 4) is 0 Å². The Morgan fingerprint density at radius 2 is 2.24 bits per heavy atom. The Kier molecular flexibility index (Phi) is 2.33. The molecule has 2 heterocycles. The molecule has 0 unspecified atom stereocenters. The molecule has 0 amide bonds. The van der Waals surface area contributed by atoms with E-state index < -0.39 is 0 Å².